The Kier molecular flexibility index (Phi) is 7.02. The van der Waals surface area contributed by atoms with Crippen LogP contribution in [0.4, 0.5) is 15.6 Å². The van der Waals surface area contributed by atoms with E-state index in [9.17, 15) is 9.59 Å². The third-order valence-electron chi connectivity index (χ3n) is 2.75. The number of nitrogens with one attached hydrogen (secondary N) is 3. The molecular weight excluding hydrogens is 362 g/mol. The third kappa shape index (κ3) is 6.59. The Morgan fingerprint density at radius 1 is 1.20 bits per heavy atom. The number of nitrogens with zero attached hydrogens (tertiary/aromatic N) is 2. The van der Waals surface area contributed by atoms with E-state index in [1.807, 2.05) is 13.8 Å². The Hall–Kier alpha value is -2.33. The number of aromatic nitrogens is 2. The van der Waals surface area contributed by atoms with E-state index in [1.54, 1.807) is 31.4 Å². The van der Waals surface area contributed by atoms with Gasteiger partial charge in [0.15, 0.2) is 4.34 Å². The van der Waals surface area contributed by atoms with Gasteiger partial charge in [0.25, 0.3) is 0 Å². The SMILES string of the molecule is COc1ccc(NC(=O)Nc2nnc(SCC(=O)NC(C)C)s2)cc1. The molecule has 25 heavy (non-hydrogen) atoms. The summed E-state index contributed by atoms with van der Waals surface area (Å²) in [5, 5.41) is 16.3. The van der Waals surface area contributed by atoms with Crippen LogP contribution >= 0.6 is 23.1 Å². The van der Waals surface area contributed by atoms with Crippen molar-refractivity contribution in [1.82, 2.24) is 15.5 Å². The average molecular weight is 381 g/mol. The van der Waals surface area contributed by atoms with Gasteiger partial charge in [0, 0.05) is 11.7 Å². The number of hydrogen-bond donors (Lipinski definition) is 3. The van der Waals surface area contributed by atoms with Crippen LogP contribution in [-0.2, 0) is 4.79 Å². The Bertz CT molecular complexity index is 718. The fourth-order valence-electron chi connectivity index (χ4n) is 1.74. The lowest BCUT2D eigenvalue weighted by molar-refractivity contribution is -0.119. The maximum Gasteiger partial charge on any atom is 0.325 e. The maximum absolute atomic E-state index is 11.9. The van der Waals surface area contributed by atoms with E-state index in [4.69, 9.17) is 4.74 Å². The van der Waals surface area contributed by atoms with Gasteiger partial charge in [-0.15, -0.1) is 10.2 Å². The van der Waals surface area contributed by atoms with Crippen molar-refractivity contribution in [3.63, 3.8) is 0 Å². The molecule has 3 N–H and O–H groups in total. The van der Waals surface area contributed by atoms with Crippen LogP contribution in [0.3, 0.4) is 0 Å². The van der Waals surface area contributed by atoms with Crippen LogP contribution in [0.2, 0.25) is 0 Å². The van der Waals surface area contributed by atoms with Crippen LogP contribution in [0, 0.1) is 0 Å². The molecule has 0 saturated carbocycles. The normalized spacial score (nSPS) is 10.4. The number of hydrogen-bond acceptors (Lipinski definition) is 7. The third-order valence-corrected chi connectivity index (χ3v) is 4.72. The van der Waals surface area contributed by atoms with E-state index in [1.165, 1.54) is 23.1 Å². The predicted octanol–water partition coefficient (Wildman–Crippen LogP) is 2.81. The number of amides is 3. The molecule has 0 saturated heterocycles. The number of anilines is 2. The molecule has 1 heterocycles. The summed E-state index contributed by atoms with van der Waals surface area (Å²) in [6.45, 7) is 3.80. The van der Waals surface area contributed by atoms with E-state index >= 15 is 0 Å². The summed E-state index contributed by atoms with van der Waals surface area (Å²) in [5.74, 6) is 0.894. The van der Waals surface area contributed by atoms with Crippen LogP contribution in [0.1, 0.15) is 13.8 Å². The molecule has 134 valence electrons. The van der Waals surface area contributed by atoms with Crippen molar-refractivity contribution in [3.8, 4) is 5.75 Å². The first-order chi connectivity index (χ1) is 12.0. The van der Waals surface area contributed by atoms with Crippen LogP contribution in [0.25, 0.3) is 0 Å². The van der Waals surface area contributed by atoms with Gasteiger partial charge >= 0.3 is 6.03 Å². The summed E-state index contributed by atoms with van der Waals surface area (Å²) >= 11 is 2.48. The number of methoxy groups -OCH3 is 1. The van der Waals surface area contributed by atoms with Crippen molar-refractivity contribution >= 4 is 45.9 Å². The van der Waals surface area contributed by atoms with Crippen molar-refractivity contribution in [3.05, 3.63) is 24.3 Å². The van der Waals surface area contributed by atoms with Gasteiger partial charge in [0.2, 0.25) is 11.0 Å². The van der Waals surface area contributed by atoms with Crippen molar-refractivity contribution < 1.29 is 14.3 Å². The fraction of sp³-hybridized carbons (Fsp3) is 0.333. The lowest BCUT2D eigenvalue weighted by Gasteiger charge is -2.06. The summed E-state index contributed by atoms with van der Waals surface area (Å²) in [6, 6.07) is 6.63. The number of ether oxygens (including phenoxy) is 1. The maximum atomic E-state index is 11.9. The first-order valence-electron chi connectivity index (χ1n) is 7.44. The molecule has 0 fully saturated rings. The Morgan fingerprint density at radius 3 is 2.56 bits per heavy atom. The Morgan fingerprint density at radius 2 is 1.92 bits per heavy atom. The minimum absolute atomic E-state index is 0.0676. The quantitative estimate of drug-likeness (QED) is 0.503. The molecule has 1 aromatic heterocycles. The summed E-state index contributed by atoms with van der Waals surface area (Å²) in [6.07, 6.45) is 0. The zero-order valence-electron chi connectivity index (χ0n) is 14.0. The van der Waals surface area contributed by atoms with Gasteiger partial charge in [-0.25, -0.2) is 4.79 Å². The van der Waals surface area contributed by atoms with Gasteiger partial charge in [-0.3, -0.25) is 10.1 Å². The minimum Gasteiger partial charge on any atom is -0.497 e. The molecule has 2 rings (SSSR count). The van der Waals surface area contributed by atoms with Gasteiger partial charge in [0.05, 0.1) is 12.9 Å². The number of carbonyl (C=O) groups is 2. The second-order valence-corrected chi connectivity index (χ2v) is 7.39. The first kappa shape index (κ1) is 19.0. The zero-order chi connectivity index (χ0) is 18.2. The van der Waals surface area contributed by atoms with Crippen LogP contribution in [0.15, 0.2) is 28.6 Å². The Balaban J connectivity index is 1.81. The molecule has 1 aromatic carbocycles. The van der Waals surface area contributed by atoms with Crippen molar-refractivity contribution in [1.29, 1.82) is 0 Å². The highest BCUT2D eigenvalue weighted by Gasteiger charge is 2.11. The van der Waals surface area contributed by atoms with E-state index in [-0.39, 0.29) is 17.7 Å². The first-order valence-corrected chi connectivity index (χ1v) is 9.24. The lowest BCUT2D eigenvalue weighted by Crippen LogP contribution is -2.31. The molecule has 0 radical (unpaired) electrons. The highest BCUT2D eigenvalue weighted by Crippen LogP contribution is 2.25. The van der Waals surface area contributed by atoms with E-state index < -0.39 is 6.03 Å². The van der Waals surface area contributed by atoms with Gasteiger partial charge in [-0.1, -0.05) is 23.1 Å². The molecule has 3 amide bonds. The molecule has 0 aliphatic rings. The van der Waals surface area contributed by atoms with Crippen LogP contribution in [0.5, 0.6) is 5.75 Å². The number of rotatable bonds is 7. The van der Waals surface area contributed by atoms with Crippen LogP contribution in [-0.4, -0.2) is 41.0 Å². The van der Waals surface area contributed by atoms with E-state index in [2.05, 4.69) is 26.1 Å². The smallest absolute Gasteiger partial charge is 0.325 e. The molecular formula is C15H19N5O3S2. The monoisotopic (exact) mass is 381 g/mol. The van der Waals surface area contributed by atoms with Crippen LogP contribution < -0.4 is 20.7 Å². The lowest BCUT2D eigenvalue weighted by atomic mass is 10.3. The zero-order valence-corrected chi connectivity index (χ0v) is 15.7. The topological polar surface area (TPSA) is 105 Å². The summed E-state index contributed by atoms with van der Waals surface area (Å²) in [7, 11) is 1.58. The Labute approximate surface area is 153 Å². The van der Waals surface area contributed by atoms with E-state index in [0.717, 1.165) is 0 Å². The molecule has 0 atom stereocenters. The second kappa shape index (κ2) is 9.23. The number of benzene rings is 1. The van der Waals surface area contributed by atoms with E-state index in [0.29, 0.717) is 20.9 Å². The van der Waals surface area contributed by atoms with Crippen molar-refractivity contribution in [2.75, 3.05) is 23.5 Å². The highest BCUT2D eigenvalue weighted by molar-refractivity contribution is 8.01. The number of thioether (sulfide) groups is 1. The molecule has 10 heteroatoms. The standard InChI is InChI=1S/C15H19N5O3S2/c1-9(2)16-12(21)8-24-15-20-19-14(25-15)18-13(22)17-10-4-6-11(23-3)7-5-10/h4-7,9H,8H2,1-3H3,(H,16,21)(H2,17,18,19,22). The number of carbonyl (C=O) groups excluding carboxylic acids is 2. The minimum atomic E-state index is -0.421. The summed E-state index contributed by atoms with van der Waals surface area (Å²) in [4.78, 5) is 23.5. The fourth-order valence-corrected chi connectivity index (χ4v) is 3.30. The molecule has 0 spiro atoms. The summed E-state index contributed by atoms with van der Waals surface area (Å²) in [5.41, 5.74) is 0.628. The van der Waals surface area contributed by atoms with Gasteiger partial charge in [0.1, 0.15) is 5.75 Å². The van der Waals surface area contributed by atoms with Gasteiger partial charge in [-0.2, -0.15) is 0 Å². The second-order valence-electron chi connectivity index (χ2n) is 5.19. The summed E-state index contributed by atoms with van der Waals surface area (Å²) < 4.78 is 5.67. The highest BCUT2D eigenvalue weighted by atomic mass is 32.2. The molecule has 0 bridgehead atoms. The molecule has 0 aliphatic heterocycles. The van der Waals surface area contributed by atoms with Crippen molar-refractivity contribution in [2.45, 2.75) is 24.2 Å². The molecule has 0 unspecified atom stereocenters. The molecule has 2 aromatic rings. The molecule has 0 aliphatic carbocycles. The average Bonchev–Trinajstić information content (AvgIpc) is 3.00. The molecule has 8 nitrogen and oxygen atoms in total. The largest absolute Gasteiger partial charge is 0.497 e. The van der Waals surface area contributed by atoms with Crippen molar-refractivity contribution in [2.24, 2.45) is 0 Å². The van der Waals surface area contributed by atoms with Gasteiger partial charge in [-0.05, 0) is 38.1 Å². The number of urea groups is 1. The van der Waals surface area contributed by atoms with Gasteiger partial charge < -0.3 is 15.4 Å². The predicted molar refractivity (Wildman–Crippen MR) is 99.5 cm³/mol.